The lowest BCUT2D eigenvalue weighted by atomic mass is 9.99. The van der Waals surface area contributed by atoms with E-state index in [0.717, 1.165) is 37.3 Å². The van der Waals surface area contributed by atoms with Crippen LogP contribution in [0.15, 0.2) is 60.7 Å². The van der Waals surface area contributed by atoms with Gasteiger partial charge in [0.1, 0.15) is 24.9 Å². The first kappa shape index (κ1) is 35.1. The fourth-order valence-corrected chi connectivity index (χ4v) is 4.50. The molecule has 0 saturated carbocycles. The number of aromatic hydroxyl groups is 5. The average molecular weight is 669 g/mol. The maximum Gasteiger partial charge on any atom is 0.331 e. The third kappa shape index (κ3) is 8.33. The van der Waals surface area contributed by atoms with Gasteiger partial charge in [-0.25, -0.2) is 4.79 Å². The van der Waals surface area contributed by atoms with Gasteiger partial charge in [-0.05, 0) is 59.7 Å². The van der Waals surface area contributed by atoms with Gasteiger partial charge in [-0.15, -0.1) is 0 Å². The molecule has 7 N–H and O–H groups in total. The number of aliphatic hydroxyl groups is 2. The summed E-state index contributed by atoms with van der Waals surface area (Å²) in [5.41, 5.74) is 0.388. The Labute approximate surface area is 272 Å². The minimum atomic E-state index is -1.88. The van der Waals surface area contributed by atoms with Crippen molar-refractivity contribution in [1.82, 2.24) is 0 Å². The molecule has 0 bridgehead atoms. The van der Waals surface area contributed by atoms with Crippen LogP contribution in [0.25, 0.3) is 12.2 Å². The van der Waals surface area contributed by atoms with Crippen LogP contribution in [0.4, 0.5) is 0 Å². The van der Waals surface area contributed by atoms with Crippen LogP contribution in [-0.2, 0) is 23.8 Å². The molecule has 0 radical (unpaired) electrons. The van der Waals surface area contributed by atoms with E-state index in [2.05, 4.69) is 0 Å². The summed E-state index contributed by atoms with van der Waals surface area (Å²) in [7, 11) is 1.38. The van der Waals surface area contributed by atoms with Crippen LogP contribution in [0.5, 0.6) is 40.2 Å². The Morgan fingerprint density at radius 3 is 2.08 bits per heavy atom. The van der Waals surface area contributed by atoms with Crippen LogP contribution >= 0.6 is 0 Å². The first-order chi connectivity index (χ1) is 22.8. The summed E-state index contributed by atoms with van der Waals surface area (Å²) in [6.45, 7) is 0.561. The van der Waals surface area contributed by atoms with Crippen molar-refractivity contribution in [1.29, 1.82) is 0 Å². The second-order valence-electron chi connectivity index (χ2n) is 10.4. The molecule has 48 heavy (non-hydrogen) atoms. The van der Waals surface area contributed by atoms with Crippen LogP contribution in [0.1, 0.15) is 28.4 Å². The van der Waals surface area contributed by atoms with Gasteiger partial charge in [-0.2, -0.15) is 0 Å². The molecule has 3 aromatic rings. The van der Waals surface area contributed by atoms with Crippen molar-refractivity contribution in [2.45, 2.75) is 37.6 Å². The Morgan fingerprint density at radius 2 is 1.44 bits per heavy atom. The van der Waals surface area contributed by atoms with Crippen molar-refractivity contribution in [3.8, 4) is 40.2 Å². The van der Waals surface area contributed by atoms with E-state index in [4.69, 9.17) is 23.7 Å². The van der Waals surface area contributed by atoms with Gasteiger partial charge >= 0.3 is 11.9 Å². The molecular formula is C33H32O15. The number of ketones is 1. The number of methoxy groups -OCH3 is 1. The van der Waals surface area contributed by atoms with Gasteiger partial charge < -0.3 is 59.4 Å². The number of phenolic OH excluding ortho intramolecular Hbond substituents is 5. The minimum absolute atomic E-state index is 0.163. The van der Waals surface area contributed by atoms with E-state index < -0.39 is 78.0 Å². The highest BCUT2D eigenvalue weighted by Crippen LogP contribution is 2.40. The SMILES string of the molecule is COc1ccc(/C=C/C(=O)c2ccc(O[C@@H]3OC(COC(C)=O)[C@@H](O)[C@H](O)C3OC(=O)/C=C/c3ccc(O)c(O)c3)c(O)c2O)cc1O. The van der Waals surface area contributed by atoms with E-state index in [-0.39, 0.29) is 22.8 Å². The first-order valence-electron chi connectivity index (χ1n) is 14.2. The molecule has 3 aromatic carbocycles. The number of carbonyl (C=O) groups is 3. The zero-order valence-electron chi connectivity index (χ0n) is 25.4. The monoisotopic (exact) mass is 668 g/mol. The molecule has 5 atom stereocenters. The number of hydrogen-bond donors (Lipinski definition) is 7. The van der Waals surface area contributed by atoms with Crippen molar-refractivity contribution in [2.24, 2.45) is 0 Å². The highest BCUT2D eigenvalue weighted by molar-refractivity contribution is 6.09. The average Bonchev–Trinajstić information content (AvgIpc) is 3.05. The van der Waals surface area contributed by atoms with Crippen molar-refractivity contribution in [3.05, 3.63) is 77.4 Å². The topological polar surface area (TPSA) is 239 Å². The molecule has 0 aliphatic carbocycles. The Hall–Kier alpha value is -5.77. The molecule has 4 rings (SSSR count). The number of ether oxygens (including phenoxy) is 5. The standard InChI is InChI=1S/C33H32O15/c1-16(34)45-15-26-30(42)31(43)32(48-27(39)12-6-18-4-9-21(36)22(37)13-18)33(47-26)46-25-11-7-19(28(40)29(25)41)20(35)8-3-17-5-10-24(44-2)23(38)14-17/h3-14,26,30-33,36-38,40-43H,15H2,1-2H3/b8-3+,12-6+/t26?,30-,31+,32?,33-/m1/s1. The normalized spacial score (nSPS) is 20.8. The molecule has 1 heterocycles. The molecular weight excluding hydrogens is 636 g/mol. The highest BCUT2D eigenvalue weighted by atomic mass is 16.7. The van der Waals surface area contributed by atoms with Crippen LogP contribution in [0, 0.1) is 0 Å². The summed E-state index contributed by atoms with van der Waals surface area (Å²) in [4.78, 5) is 36.9. The zero-order valence-corrected chi connectivity index (χ0v) is 25.4. The third-order valence-electron chi connectivity index (χ3n) is 7.01. The van der Waals surface area contributed by atoms with Gasteiger partial charge in [-0.3, -0.25) is 9.59 Å². The molecule has 1 aliphatic rings. The number of rotatable bonds is 11. The zero-order chi connectivity index (χ0) is 35.1. The van der Waals surface area contributed by atoms with Gasteiger partial charge in [0.05, 0.1) is 12.7 Å². The molecule has 0 aromatic heterocycles. The molecule has 0 amide bonds. The number of allylic oxidation sites excluding steroid dienone is 1. The molecule has 2 unspecified atom stereocenters. The largest absolute Gasteiger partial charge is 0.504 e. The second-order valence-corrected chi connectivity index (χ2v) is 10.4. The number of esters is 2. The number of hydrogen-bond acceptors (Lipinski definition) is 15. The van der Waals surface area contributed by atoms with Crippen molar-refractivity contribution >= 4 is 29.9 Å². The molecule has 1 saturated heterocycles. The summed E-state index contributed by atoms with van der Waals surface area (Å²) in [5, 5.41) is 71.9. The van der Waals surface area contributed by atoms with E-state index in [1.165, 1.54) is 43.5 Å². The first-order valence-corrected chi connectivity index (χ1v) is 14.2. The van der Waals surface area contributed by atoms with Crippen molar-refractivity contribution in [2.75, 3.05) is 13.7 Å². The summed E-state index contributed by atoms with van der Waals surface area (Å²) in [6, 6.07) is 10.3. The molecule has 254 valence electrons. The fourth-order valence-electron chi connectivity index (χ4n) is 4.50. The van der Waals surface area contributed by atoms with Gasteiger partial charge in [0, 0.05) is 13.0 Å². The molecule has 0 spiro atoms. The Balaban J connectivity index is 1.56. The number of benzene rings is 3. The predicted molar refractivity (Wildman–Crippen MR) is 164 cm³/mol. The lowest BCUT2D eigenvalue weighted by Gasteiger charge is -2.41. The molecule has 1 aliphatic heterocycles. The van der Waals surface area contributed by atoms with Gasteiger partial charge in [0.2, 0.25) is 12.0 Å². The maximum absolute atomic E-state index is 12.8. The summed E-state index contributed by atoms with van der Waals surface area (Å²) in [6.07, 6.45) is -3.97. The van der Waals surface area contributed by atoms with E-state index in [9.17, 15) is 50.1 Å². The second kappa shape index (κ2) is 15.2. The van der Waals surface area contributed by atoms with E-state index in [1.807, 2.05) is 0 Å². The number of phenols is 5. The molecule has 1 fully saturated rings. The summed E-state index contributed by atoms with van der Waals surface area (Å²) < 4.78 is 26.4. The van der Waals surface area contributed by atoms with Gasteiger partial charge in [0.15, 0.2) is 46.4 Å². The van der Waals surface area contributed by atoms with E-state index >= 15 is 0 Å². The third-order valence-corrected chi connectivity index (χ3v) is 7.01. The fraction of sp³-hybridized carbons (Fsp3) is 0.242. The van der Waals surface area contributed by atoms with E-state index in [0.29, 0.717) is 11.1 Å². The summed E-state index contributed by atoms with van der Waals surface area (Å²) in [5.74, 6) is -5.59. The predicted octanol–water partition coefficient (Wildman–Crippen LogP) is 2.13. The van der Waals surface area contributed by atoms with Crippen LogP contribution < -0.4 is 9.47 Å². The Bertz CT molecular complexity index is 1730. The van der Waals surface area contributed by atoms with Crippen LogP contribution in [0.2, 0.25) is 0 Å². The molecule has 15 heteroatoms. The van der Waals surface area contributed by atoms with Crippen LogP contribution in [-0.4, -0.2) is 97.9 Å². The molecule has 15 nitrogen and oxygen atoms in total. The lowest BCUT2D eigenvalue weighted by molar-refractivity contribution is -0.282. The Morgan fingerprint density at radius 1 is 0.792 bits per heavy atom. The van der Waals surface area contributed by atoms with Gasteiger partial charge in [-0.1, -0.05) is 18.2 Å². The van der Waals surface area contributed by atoms with Crippen molar-refractivity contribution in [3.63, 3.8) is 0 Å². The quantitative estimate of drug-likeness (QED) is 0.0670. The highest BCUT2D eigenvalue weighted by Gasteiger charge is 2.48. The minimum Gasteiger partial charge on any atom is -0.504 e. The number of carbonyl (C=O) groups excluding carboxylic acids is 3. The van der Waals surface area contributed by atoms with E-state index in [1.54, 1.807) is 6.07 Å². The smallest absolute Gasteiger partial charge is 0.331 e. The maximum atomic E-state index is 12.8. The Kier molecular flexibility index (Phi) is 11.1. The summed E-state index contributed by atoms with van der Waals surface area (Å²) >= 11 is 0. The van der Waals surface area contributed by atoms with Gasteiger partial charge in [0.25, 0.3) is 0 Å². The van der Waals surface area contributed by atoms with Crippen LogP contribution in [0.3, 0.4) is 0 Å². The van der Waals surface area contributed by atoms with Crippen molar-refractivity contribution < 1.29 is 73.8 Å². The number of aliphatic hydroxyl groups excluding tert-OH is 2. The lowest BCUT2D eigenvalue weighted by Crippen LogP contribution is -2.61.